The molecular weight excluding hydrogens is 336 g/mol. The highest BCUT2D eigenvalue weighted by Crippen LogP contribution is 2.18. The van der Waals surface area contributed by atoms with Crippen molar-refractivity contribution in [3.63, 3.8) is 0 Å². The van der Waals surface area contributed by atoms with Gasteiger partial charge in [-0.1, -0.05) is 12.2 Å². The fourth-order valence-electron chi connectivity index (χ4n) is 3.31. The summed E-state index contributed by atoms with van der Waals surface area (Å²) < 4.78 is 22.3. The summed E-state index contributed by atoms with van der Waals surface area (Å²) in [5, 5.41) is 20.2. The second-order valence-corrected chi connectivity index (χ2v) is 7.38. The van der Waals surface area contributed by atoms with E-state index < -0.39 is 12.2 Å². The van der Waals surface area contributed by atoms with Crippen molar-refractivity contribution in [3.05, 3.63) is 12.2 Å². The van der Waals surface area contributed by atoms with E-state index in [4.69, 9.17) is 18.9 Å². The van der Waals surface area contributed by atoms with E-state index in [1.54, 1.807) is 0 Å². The van der Waals surface area contributed by atoms with E-state index in [-0.39, 0.29) is 12.6 Å². The lowest BCUT2D eigenvalue weighted by molar-refractivity contribution is -0.165. The maximum atomic E-state index is 10.1. The van der Waals surface area contributed by atoms with Gasteiger partial charge in [0.15, 0.2) is 12.6 Å². The van der Waals surface area contributed by atoms with E-state index >= 15 is 0 Å². The summed E-state index contributed by atoms with van der Waals surface area (Å²) in [6.45, 7) is 6.47. The van der Waals surface area contributed by atoms with Crippen molar-refractivity contribution in [2.24, 2.45) is 0 Å². The lowest BCUT2D eigenvalue weighted by Gasteiger charge is -2.24. The summed E-state index contributed by atoms with van der Waals surface area (Å²) in [5.74, 6) is 0. The zero-order chi connectivity index (χ0) is 18.6. The number of rotatable bonds is 12. The molecule has 0 aromatic carbocycles. The molecule has 2 rings (SSSR count). The van der Waals surface area contributed by atoms with E-state index in [1.807, 2.05) is 0 Å². The Bertz CT molecular complexity index is 342. The summed E-state index contributed by atoms with van der Waals surface area (Å²) in [6.07, 6.45) is 7.19. The maximum absolute atomic E-state index is 10.1. The zero-order valence-corrected chi connectivity index (χ0v) is 15.9. The molecule has 6 heteroatoms. The first-order valence-corrected chi connectivity index (χ1v) is 10.1. The predicted octanol–water partition coefficient (Wildman–Crippen LogP) is 2.91. The van der Waals surface area contributed by atoms with Gasteiger partial charge in [0.25, 0.3) is 0 Å². The largest absolute Gasteiger partial charge is 0.393 e. The first-order valence-electron chi connectivity index (χ1n) is 10.1. The number of ether oxygens (including phenoxy) is 4. The Hall–Kier alpha value is -0.500. The Balaban J connectivity index is 1.48. The molecule has 2 fully saturated rings. The van der Waals surface area contributed by atoms with Crippen LogP contribution in [-0.2, 0) is 18.9 Å². The standard InChI is InChI=1S/C20H36O6/c1-16(14-17(21)8-12-25-19-6-2-4-10-23-19)15-18(22)9-13-26-20-7-3-5-11-24-20/h17-22H,1-15H2/t17-,18-,19?,20?/m0/s1. The molecule has 2 N–H and O–H groups in total. The van der Waals surface area contributed by atoms with E-state index in [9.17, 15) is 10.2 Å². The van der Waals surface area contributed by atoms with Crippen LogP contribution in [0.25, 0.3) is 0 Å². The summed E-state index contributed by atoms with van der Waals surface area (Å²) in [6, 6.07) is 0. The van der Waals surface area contributed by atoms with Crippen molar-refractivity contribution in [2.75, 3.05) is 26.4 Å². The molecule has 6 nitrogen and oxygen atoms in total. The number of hydrogen-bond acceptors (Lipinski definition) is 6. The van der Waals surface area contributed by atoms with Crippen molar-refractivity contribution in [1.82, 2.24) is 0 Å². The second-order valence-electron chi connectivity index (χ2n) is 7.38. The van der Waals surface area contributed by atoms with Gasteiger partial charge in [-0.3, -0.25) is 0 Å². The summed E-state index contributed by atoms with van der Waals surface area (Å²) in [5.41, 5.74) is 0.854. The van der Waals surface area contributed by atoms with Crippen LogP contribution in [0.1, 0.15) is 64.2 Å². The first kappa shape index (κ1) is 21.8. The minimum Gasteiger partial charge on any atom is -0.393 e. The third-order valence-corrected chi connectivity index (χ3v) is 4.83. The Labute approximate surface area is 157 Å². The maximum Gasteiger partial charge on any atom is 0.157 e. The number of hydrogen-bond donors (Lipinski definition) is 2. The molecule has 2 saturated heterocycles. The van der Waals surface area contributed by atoms with Gasteiger partial charge in [0.05, 0.1) is 25.4 Å². The van der Waals surface area contributed by atoms with Crippen LogP contribution < -0.4 is 0 Å². The molecule has 0 aromatic rings. The topological polar surface area (TPSA) is 77.4 Å². The van der Waals surface area contributed by atoms with E-state index in [1.165, 1.54) is 0 Å². The van der Waals surface area contributed by atoms with E-state index in [0.717, 1.165) is 57.3 Å². The van der Waals surface area contributed by atoms with Crippen molar-refractivity contribution < 1.29 is 29.2 Å². The average Bonchev–Trinajstić information content (AvgIpc) is 2.63. The fraction of sp³-hybridized carbons (Fsp3) is 0.900. The molecule has 0 saturated carbocycles. The molecule has 152 valence electrons. The van der Waals surface area contributed by atoms with Gasteiger partial charge in [-0.15, -0.1) is 0 Å². The predicted molar refractivity (Wildman–Crippen MR) is 98.7 cm³/mol. The van der Waals surface area contributed by atoms with Gasteiger partial charge in [-0.2, -0.15) is 0 Å². The van der Waals surface area contributed by atoms with Gasteiger partial charge < -0.3 is 29.2 Å². The van der Waals surface area contributed by atoms with Crippen molar-refractivity contribution in [2.45, 2.75) is 89.0 Å². The molecule has 0 amide bonds. The van der Waals surface area contributed by atoms with Crippen LogP contribution in [-0.4, -0.2) is 61.4 Å². The first-order chi connectivity index (χ1) is 12.6. The number of aliphatic hydroxyl groups excluding tert-OH is 2. The van der Waals surface area contributed by atoms with E-state index in [2.05, 4.69) is 6.58 Å². The Morgan fingerprint density at radius 3 is 1.69 bits per heavy atom. The molecule has 0 radical (unpaired) electrons. The second kappa shape index (κ2) is 12.8. The highest BCUT2D eigenvalue weighted by atomic mass is 16.7. The molecule has 0 aliphatic carbocycles. The van der Waals surface area contributed by atoms with E-state index in [0.29, 0.717) is 38.9 Å². The van der Waals surface area contributed by atoms with Crippen LogP contribution in [0.2, 0.25) is 0 Å². The molecule has 0 aromatic heterocycles. The van der Waals surface area contributed by atoms with Crippen molar-refractivity contribution >= 4 is 0 Å². The normalized spacial score (nSPS) is 26.4. The smallest absolute Gasteiger partial charge is 0.157 e. The van der Waals surface area contributed by atoms with Crippen LogP contribution in [0.3, 0.4) is 0 Å². The summed E-state index contributed by atoms with van der Waals surface area (Å²) >= 11 is 0. The molecule has 0 bridgehead atoms. The van der Waals surface area contributed by atoms with Crippen LogP contribution >= 0.6 is 0 Å². The molecule has 26 heavy (non-hydrogen) atoms. The molecule has 2 aliphatic heterocycles. The van der Waals surface area contributed by atoms with Crippen LogP contribution in [0.5, 0.6) is 0 Å². The van der Waals surface area contributed by atoms with Crippen molar-refractivity contribution in [3.8, 4) is 0 Å². The SMILES string of the molecule is C=C(C[C@@H](O)CCOC1CCCCO1)C[C@@H](O)CCOC1CCCCO1. The van der Waals surface area contributed by atoms with Crippen molar-refractivity contribution in [1.29, 1.82) is 0 Å². The molecular formula is C20H36O6. The van der Waals surface area contributed by atoms with Gasteiger partial charge >= 0.3 is 0 Å². The molecule has 2 unspecified atom stereocenters. The Morgan fingerprint density at radius 1 is 0.846 bits per heavy atom. The monoisotopic (exact) mass is 372 g/mol. The van der Waals surface area contributed by atoms with Crippen LogP contribution in [0, 0.1) is 0 Å². The number of aliphatic hydroxyl groups is 2. The van der Waals surface area contributed by atoms with Gasteiger partial charge in [0, 0.05) is 13.2 Å². The van der Waals surface area contributed by atoms with Gasteiger partial charge in [-0.25, -0.2) is 0 Å². The highest BCUT2D eigenvalue weighted by Gasteiger charge is 2.17. The lowest BCUT2D eigenvalue weighted by atomic mass is 10.0. The highest BCUT2D eigenvalue weighted by molar-refractivity contribution is 4.98. The molecule has 0 spiro atoms. The Morgan fingerprint density at radius 2 is 1.31 bits per heavy atom. The van der Waals surface area contributed by atoms with Gasteiger partial charge in [0.2, 0.25) is 0 Å². The fourth-order valence-corrected chi connectivity index (χ4v) is 3.31. The van der Waals surface area contributed by atoms with Gasteiger partial charge in [0.1, 0.15) is 0 Å². The van der Waals surface area contributed by atoms with Gasteiger partial charge in [-0.05, 0) is 64.2 Å². The summed E-state index contributed by atoms with van der Waals surface area (Å²) in [4.78, 5) is 0. The lowest BCUT2D eigenvalue weighted by Crippen LogP contribution is -2.24. The zero-order valence-electron chi connectivity index (χ0n) is 15.9. The minimum absolute atomic E-state index is 0.117. The van der Waals surface area contributed by atoms with Crippen LogP contribution in [0.4, 0.5) is 0 Å². The quantitative estimate of drug-likeness (QED) is 0.513. The molecule has 4 atom stereocenters. The summed E-state index contributed by atoms with van der Waals surface area (Å²) in [7, 11) is 0. The Kier molecular flexibility index (Phi) is 10.7. The average molecular weight is 373 g/mol. The minimum atomic E-state index is -0.495. The molecule has 2 heterocycles. The third kappa shape index (κ3) is 9.44. The van der Waals surface area contributed by atoms with Crippen LogP contribution in [0.15, 0.2) is 12.2 Å². The molecule has 2 aliphatic rings. The third-order valence-electron chi connectivity index (χ3n) is 4.83.